The Morgan fingerprint density at radius 1 is 1.32 bits per heavy atom. The first-order chi connectivity index (χ1) is 14.5. The van der Waals surface area contributed by atoms with Crippen LogP contribution in [0.5, 0.6) is 0 Å². The smallest absolute Gasteiger partial charge is 0.422 e. The first-order valence-corrected chi connectivity index (χ1v) is 9.95. The van der Waals surface area contributed by atoms with Gasteiger partial charge in [-0.1, -0.05) is 11.3 Å². The fourth-order valence-electron chi connectivity index (χ4n) is 3.07. The number of nitrogens with zero attached hydrogens (tertiary/aromatic N) is 4. The third kappa shape index (κ3) is 5.68. The highest BCUT2D eigenvalue weighted by Gasteiger charge is 2.33. The van der Waals surface area contributed by atoms with E-state index in [0.717, 1.165) is 22.4 Å². The van der Waals surface area contributed by atoms with Crippen molar-refractivity contribution in [2.75, 3.05) is 25.0 Å². The summed E-state index contributed by atoms with van der Waals surface area (Å²) in [4.78, 5) is 33.8. The number of rotatable bonds is 5. The molecule has 3 heterocycles. The molecule has 0 unspecified atom stereocenters. The molecule has 2 aromatic rings. The number of thiazole rings is 1. The normalized spacial score (nSPS) is 15.4. The van der Waals surface area contributed by atoms with Crippen LogP contribution in [0.4, 0.5) is 31.9 Å². The third-order valence-corrected chi connectivity index (χ3v) is 5.66. The fourth-order valence-corrected chi connectivity index (χ4v) is 4.04. The number of hydrogen-bond acceptors (Lipinski definition) is 6. The number of aromatic nitrogens is 3. The zero-order valence-electron chi connectivity index (χ0n) is 16.2. The van der Waals surface area contributed by atoms with E-state index in [1.54, 1.807) is 6.92 Å². The number of imidazole rings is 1. The summed E-state index contributed by atoms with van der Waals surface area (Å²) in [5.74, 6) is -0.820. The molecular formula is C17H18F5N5O3S. The van der Waals surface area contributed by atoms with Gasteiger partial charge in [0.25, 0.3) is 0 Å². The quantitative estimate of drug-likeness (QED) is 0.670. The largest absolute Gasteiger partial charge is 0.440 e. The topological polar surface area (TPSA) is 89.3 Å². The minimum Gasteiger partial charge on any atom is -0.440 e. The summed E-state index contributed by atoms with van der Waals surface area (Å²) < 4.78 is 67.5. The highest BCUT2D eigenvalue weighted by atomic mass is 32.1. The average Bonchev–Trinajstić information content (AvgIpc) is 3.32. The molecule has 3 rings (SSSR count). The molecule has 0 radical (unpaired) electrons. The summed E-state index contributed by atoms with van der Waals surface area (Å²) in [5.41, 5.74) is 0.427. The lowest BCUT2D eigenvalue weighted by atomic mass is 9.96. The van der Waals surface area contributed by atoms with Crippen molar-refractivity contribution in [2.24, 2.45) is 5.92 Å². The molecule has 170 valence electrons. The van der Waals surface area contributed by atoms with E-state index in [0.29, 0.717) is 15.1 Å². The lowest BCUT2D eigenvalue weighted by Crippen LogP contribution is -2.42. The van der Waals surface area contributed by atoms with E-state index in [-0.39, 0.29) is 42.8 Å². The fraction of sp³-hybridized carbons (Fsp3) is 0.529. The molecule has 31 heavy (non-hydrogen) atoms. The monoisotopic (exact) mass is 467 g/mol. The summed E-state index contributed by atoms with van der Waals surface area (Å²) in [6.07, 6.45) is -2.83. The Kier molecular flexibility index (Phi) is 6.77. The molecule has 1 aliphatic rings. The number of anilines is 1. The molecule has 2 aromatic heterocycles. The third-order valence-electron chi connectivity index (χ3n) is 4.59. The number of carbonyl (C=O) groups excluding carboxylic acids is 2. The van der Waals surface area contributed by atoms with Gasteiger partial charge < -0.3 is 15.0 Å². The van der Waals surface area contributed by atoms with Crippen molar-refractivity contribution in [3.8, 4) is 10.7 Å². The van der Waals surface area contributed by atoms with Gasteiger partial charge in [0.1, 0.15) is 0 Å². The average molecular weight is 467 g/mol. The van der Waals surface area contributed by atoms with Crippen molar-refractivity contribution in [1.29, 1.82) is 0 Å². The molecular weight excluding hydrogens is 449 g/mol. The van der Waals surface area contributed by atoms with Crippen LogP contribution >= 0.6 is 11.3 Å². The number of ether oxygens (including phenoxy) is 1. The van der Waals surface area contributed by atoms with E-state index in [9.17, 15) is 31.5 Å². The highest BCUT2D eigenvalue weighted by Crippen LogP contribution is 2.34. The number of amides is 2. The second-order valence-corrected chi connectivity index (χ2v) is 7.79. The molecule has 0 atom stereocenters. The maximum absolute atomic E-state index is 13.1. The Morgan fingerprint density at radius 2 is 2.00 bits per heavy atom. The summed E-state index contributed by atoms with van der Waals surface area (Å²) in [7, 11) is 0. The Bertz CT molecular complexity index is 937. The summed E-state index contributed by atoms with van der Waals surface area (Å²) in [6, 6.07) is 0. The van der Waals surface area contributed by atoms with Gasteiger partial charge in [0.05, 0.1) is 10.6 Å². The Hall–Kier alpha value is -2.77. The molecule has 0 aromatic carbocycles. The van der Waals surface area contributed by atoms with E-state index < -0.39 is 31.3 Å². The maximum Gasteiger partial charge on any atom is 0.422 e. The van der Waals surface area contributed by atoms with Gasteiger partial charge in [-0.3, -0.25) is 9.36 Å². The molecule has 1 N–H and O–H groups in total. The van der Waals surface area contributed by atoms with E-state index >= 15 is 0 Å². The number of carbonyl (C=O) groups is 2. The van der Waals surface area contributed by atoms with Crippen LogP contribution in [0.2, 0.25) is 0 Å². The van der Waals surface area contributed by atoms with Gasteiger partial charge >= 0.3 is 18.8 Å². The molecule has 8 nitrogen and oxygen atoms in total. The van der Waals surface area contributed by atoms with Crippen molar-refractivity contribution in [3.05, 3.63) is 18.1 Å². The molecule has 0 spiro atoms. The van der Waals surface area contributed by atoms with Gasteiger partial charge in [-0.15, -0.1) is 0 Å². The van der Waals surface area contributed by atoms with Crippen LogP contribution in [-0.2, 0) is 9.53 Å². The zero-order valence-corrected chi connectivity index (χ0v) is 17.0. The van der Waals surface area contributed by atoms with E-state index in [1.807, 2.05) is 0 Å². The van der Waals surface area contributed by atoms with Crippen LogP contribution < -0.4 is 5.32 Å². The number of nitrogens with one attached hydrogen (secondary N) is 1. The van der Waals surface area contributed by atoms with E-state index in [1.165, 1.54) is 6.20 Å². The Labute approximate surface area is 177 Å². The standard InChI is InChI=1S/C17H18F5N5O3S/c1-9-11(12-23-4-7-27(12)14(18)19)31-15(24-9)25-13(28)10-2-5-26(6-3-10)16(29)30-8-17(20,21)22/h4,7,10,14H,2-3,5-6,8H2,1H3,(H,24,25,28). The summed E-state index contributed by atoms with van der Waals surface area (Å²) >= 11 is 1.00. The second-order valence-electron chi connectivity index (χ2n) is 6.79. The second kappa shape index (κ2) is 9.16. The summed E-state index contributed by atoms with van der Waals surface area (Å²) in [5, 5.41) is 2.85. The van der Waals surface area contributed by atoms with Crippen LogP contribution in [0, 0.1) is 12.8 Å². The molecule has 0 aliphatic carbocycles. The number of aryl methyl sites for hydroxylation is 1. The number of halogens is 5. The van der Waals surface area contributed by atoms with Crippen LogP contribution in [0.1, 0.15) is 25.1 Å². The minimum atomic E-state index is -4.61. The Morgan fingerprint density at radius 3 is 2.61 bits per heavy atom. The van der Waals surface area contributed by atoms with Gasteiger partial charge in [-0.2, -0.15) is 22.0 Å². The van der Waals surface area contributed by atoms with Crippen LogP contribution in [0.3, 0.4) is 0 Å². The van der Waals surface area contributed by atoms with Crippen molar-refractivity contribution >= 4 is 28.5 Å². The lowest BCUT2D eigenvalue weighted by Gasteiger charge is -2.30. The number of hydrogen-bond donors (Lipinski definition) is 1. The number of likely N-dealkylation sites (tertiary alicyclic amines) is 1. The zero-order chi connectivity index (χ0) is 22.8. The molecule has 14 heteroatoms. The summed E-state index contributed by atoms with van der Waals surface area (Å²) in [6.45, 7) is -2.69. The van der Waals surface area contributed by atoms with Crippen LogP contribution in [-0.4, -0.2) is 57.3 Å². The molecule has 0 bridgehead atoms. The molecule has 1 fully saturated rings. The predicted molar refractivity (Wildman–Crippen MR) is 99.7 cm³/mol. The van der Waals surface area contributed by atoms with Crippen molar-refractivity contribution < 1.29 is 36.3 Å². The molecule has 2 amide bonds. The van der Waals surface area contributed by atoms with Gasteiger partial charge in [0.2, 0.25) is 5.91 Å². The Balaban J connectivity index is 1.56. The van der Waals surface area contributed by atoms with Crippen molar-refractivity contribution in [3.63, 3.8) is 0 Å². The van der Waals surface area contributed by atoms with Gasteiger partial charge in [0, 0.05) is 31.4 Å². The number of piperidine rings is 1. The molecule has 1 aliphatic heterocycles. The van der Waals surface area contributed by atoms with E-state index in [4.69, 9.17) is 0 Å². The first kappa shape index (κ1) is 22.9. The van der Waals surface area contributed by atoms with Gasteiger partial charge in [-0.25, -0.2) is 14.8 Å². The first-order valence-electron chi connectivity index (χ1n) is 9.13. The molecule has 0 saturated carbocycles. The predicted octanol–water partition coefficient (Wildman–Crippen LogP) is 4.06. The minimum absolute atomic E-state index is 0.0381. The van der Waals surface area contributed by atoms with Gasteiger partial charge in [-0.05, 0) is 19.8 Å². The highest BCUT2D eigenvalue weighted by molar-refractivity contribution is 7.19. The van der Waals surface area contributed by atoms with Crippen LogP contribution in [0.25, 0.3) is 10.7 Å². The number of alkyl halides is 5. The van der Waals surface area contributed by atoms with Crippen LogP contribution in [0.15, 0.2) is 12.4 Å². The van der Waals surface area contributed by atoms with Crippen molar-refractivity contribution in [2.45, 2.75) is 32.5 Å². The SMILES string of the molecule is Cc1nc(NC(=O)C2CCN(C(=O)OCC(F)(F)F)CC2)sc1-c1nccn1C(F)F. The van der Waals surface area contributed by atoms with Crippen molar-refractivity contribution in [1.82, 2.24) is 19.4 Å². The maximum atomic E-state index is 13.1. The van der Waals surface area contributed by atoms with Gasteiger partial charge in [0.15, 0.2) is 17.6 Å². The van der Waals surface area contributed by atoms with E-state index in [2.05, 4.69) is 20.0 Å². The molecule has 1 saturated heterocycles. The lowest BCUT2D eigenvalue weighted by molar-refractivity contribution is -0.162.